The summed E-state index contributed by atoms with van der Waals surface area (Å²) in [4.78, 5) is 38.6. The van der Waals surface area contributed by atoms with E-state index in [0.717, 1.165) is 23.9 Å². The van der Waals surface area contributed by atoms with Crippen LogP contribution in [0.1, 0.15) is 21.6 Å². The van der Waals surface area contributed by atoms with Crippen molar-refractivity contribution >= 4 is 35.0 Å². The number of aryl methyl sites for hydroxylation is 1. The molecule has 166 valence electrons. The molecule has 1 heterocycles. The molecule has 0 saturated heterocycles. The Morgan fingerprint density at radius 1 is 1.03 bits per heavy atom. The largest absolute Gasteiger partial charge is 0.416 e. The molecule has 0 aliphatic rings. The molecule has 0 unspecified atom stereocenters. The van der Waals surface area contributed by atoms with E-state index in [1.54, 1.807) is 6.07 Å². The first-order chi connectivity index (χ1) is 15.1. The van der Waals surface area contributed by atoms with Gasteiger partial charge >= 0.3 is 6.18 Å². The van der Waals surface area contributed by atoms with E-state index in [2.05, 4.69) is 25.8 Å². The van der Waals surface area contributed by atoms with Gasteiger partial charge < -0.3 is 10.6 Å². The van der Waals surface area contributed by atoms with Crippen molar-refractivity contribution in [3.63, 3.8) is 0 Å². The summed E-state index contributed by atoms with van der Waals surface area (Å²) >= 11 is 0.974. The highest BCUT2D eigenvalue weighted by Crippen LogP contribution is 2.30. The summed E-state index contributed by atoms with van der Waals surface area (Å²) in [7, 11) is 0. The van der Waals surface area contributed by atoms with Crippen molar-refractivity contribution in [3.8, 4) is 0 Å². The van der Waals surface area contributed by atoms with Gasteiger partial charge in [0.05, 0.1) is 11.3 Å². The van der Waals surface area contributed by atoms with Crippen LogP contribution in [0.3, 0.4) is 0 Å². The van der Waals surface area contributed by atoms with Crippen molar-refractivity contribution < 1.29 is 22.8 Å². The van der Waals surface area contributed by atoms with E-state index in [0.29, 0.717) is 5.69 Å². The summed E-state index contributed by atoms with van der Waals surface area (Å²) in [6.07, 6.45) is -4.53. The lowest BCUT2D eigenvalue weighted by atomic mass is 10.1. The summed E-state index contributed by atoms with van der Waals surface area (Å²) in [5.74, 6) is -1.13. The first kappa shape index (κ1) is 23.0. The molecule has 0 aliphatic heterocycles. The van der Waals surface area contributed by atoms with Crippen molar-refractivity contribution in [1.82, 2.24) is 15.2 Å². The zero-order valence-electron chi connectivity index (χ0n) is 16.5. The summed E-state index contributed by atoms with van der Waals surface area (Å²) in [6.45, 7) is 1.50. The Labute approximate surface area is 183 Å². The van der Waals surface area contributed by atoms with Gasteiger partial charge in [0.15, 0.2) is 5.16 Å². The van der Waals surface area contributed by atoms with E-state index in [-0.39, 0.29) is 27.9 Å². The number of alkyl halides is 3. The number of carbonyl (C=O) groups is 2. The van der Waals surface area contributed by atoms with Crippen molar-refractivity contribution in [3.05, 3.63) is 75.7 Å². The minimum absolute atomic E-state index is 0.0103. The third-order valence-electron chi connectivity index (χ3n) is 4.04. The Morgan fingerprint density at radius 3 is 2.41 bits per heavy atom. The SMILES string of the molecule is Cc1nnc(SCC(=O)Nc2cccc(C(=O)Nc3cccc(C(F)(F)F)c3)c2)[nH]c1=O. The molecule has 3 rings (SSSR count). The fraction of sp³-hybridized carbons (Fsp3) is 0.150. The van der Waals surface area contributed by atoms with Crippen LogP contribution in [0.5, 0.6) is 0 Å². The van der Waals surface area contributed by atoms with Crippen LogP contribution in [0.2, 0.25) is 0 Å². The predicted octanol–water partition coefficient (Wildman–Crippen LogP) is 3.48. The van der Waals surface area contributed by atoms with Crippen molar-refractivity contribution in [2.45, 2.75) is 18.3 Å². The molecule has 12 heteroatoms. The Morgan fingerprint density at radius 2 is 1.72 bits per heavy atom. The quantitative estimate of drug-likeness (QED) is 0.482. The number of hydrogen-bond donors (Lipinski definition) is 3. The number of amides is 2. The fourth-order valence-corrected chi connectivity index (χ4v) is 3.09. The number of thioether (sulfide) groups is 1. The van der Waals surface area contributed by atoms with Gasteiger partial charge in [0, 0.05) is 16.9 Å². The van der Waals surface area contributed by atoms with E-state index < -0.39 is 29.1 Å². The number of nitrogens with one attached hydrogen (secondary N) is 3. The van der Waals surface area contributed by atoms with Crippen molar-refractivity contribution in [2.24, 2.45) is 0 Å². The molecule has 0 aliphatic carbocycles. The Kier molecular flexibility index (Phi) is 6.93. The molecule has 0 atom stereocenters. The second-order valence-corrected chi connectivity index (χ2v) is 7.46. The molecule has 8 nitrogen and oxygen atoms in total. The molecule has 0 saturated carbocycles. The maximum absolute atomic E-state index is 12.8. The highest BCUT2D eigenvalue weighted by atomic mass is 32.2. The summed E-state index contributed by atoms with van der Waals surface area (Å²) in [6, 6.07) is 10.2. The monoisotopic (exact) mass is 463 g/mol. The van der Waals surface area contributed by atoms with Gasteiger partial charge in [0.25, 0.3) is 11.5 Å². The average molecular weight is 463 g/mol. The molecule has 0 radical (unpaired) electrons. The second-order valence-electron chi connectivity index (χ2n) is 6.50. The molecule has 1 aromatic heterocycles. The first-order valence-electron chi connectivity index (χ1n) is 9.07. The maximum atomic E-state index is 12.8. The van der Waals surface area contributed by atoms with Crippen LogP contribution in [0, 0.1) is 6.92 Å². The molecule has 3 aromatic rings. The Bertz CT molecular complexity index is 1210. The number of halogens is 3. The molecular formula is C20H16F3N5O3S. The first-order valence-corrected chi connectivity index (χ1v) is 10.1. The van der Waals surface area contributed by atoms with Gasteiger partial charge in [-0.2, -0.15) is 13.2 Å². The Hall–Kier alpha value is -3.67. The predicted molar refractivity (Wildman–Crippen MR) is 113 cm³/mol. The van der Waals surface area contributed by atoms with E-state index in [9.17, 15) is 27.6 Å². The van der Waals surface area contributed by atoms with Gasteiger partial charge in [-0.15, -0.1) is 10.2 Å². The number of hydrogen-bond acceptors (Lipinski definition) is 6. The maximum Gasteiger partial charge on any atom is 0.416 e. The molecule has 0 bridgehead atoms. The number of anilines is 2. The number of benzene rings is 2. The molecule has 32 heavy (non-hydrogen) atoms. The summed E-state index contributed by atoms with van der Waals surface area (Å²) in [5, 5.41) is 12.6. The smallest absolute Gasteiger partial charge is 0.325 e. The van der Waals surface area contributed by atoms with E-state index in [4.69, 9.17) is 0 Å². The van der Waals surface area contributed by atoms with E-state index >= 15 is 0 Å². The van der Waals surface area contributed by atoms with Crippen LogP contribution in [-0.2, 0) is 11.0 Å². The van der Waals surface area contributed by atoms with Crippen molar-refractivity contribution in [1.29, 1.82) is 0 Å². The number of carbonyl (C=O) groups excluding carboxylic acids is 2. The van der Waals surface area contributed by atoms with Crippen LogP contribution >= 0.6 is 11.8 Å². The van der Waals surface area contributed by atoms with Crippen LogP contribution in [-0.4, -0.2) is 32.7 Å². The van der Waals surface area contributed by atoms with E-state index in [1.807, 2.05) is 0 Å². The summed E-state index contributed by atoms with van der Waals surface area (Å²) < 4.78 is 38.5. The minimum atomic E-state index is -4.53. The lowest BCUT2D eigenvalue weighted by molar-refractivity contribution is -0.137. The highest BCUT2D eigenvalue weighted by Gasteiger charge is 2.30. The van der Waals surface area contributed by atoms with E-state index in [1.165, 1.54) is 37.3 Å². The van der Waals surface area contributed by atoms with Crippen LogP contribution in [0.15, 0.2) is 58.5 Å². The number of H-pyrrole nitrogens is 1. The van der Waals surface area contributed by atoms with Crippen LogP contribution in [0.25, 0.3) is 0 Å². The Balaban J connectivity index is 1.62. The molecule has 0 fully saturated rings. The van der Waals surface area contributed by atoms with Gasteiger partial charge in [0.2, 0.25) is 5.91 Å². The van der Waals surface area contributed by atoms with Gasteiger partial charge in [-0.05, 0) is 43.3 Å². The zero-order chi connectivity index (χ0) is 23.3. The normalized spacial score (nSPS) is 11.1. The third kappa shape index (κ3) is 6.17. The molecule has 2 amide bonds. The topological polar surface area (TPSA) is 117 Å². The van der Waals surface area contributed by atoms with Crippen molar-refractivity contribution in [2.75, 3.05) is 16.4 Å². The van der Waals surface area contributed by atoms with Gasteiger partial charge in [-0.3, -0.25) is 19.4 Å². The van der Waals surface area contributed by atoms with Gasteiger partial charge in [-0.1, -0.05) is 23.9 Å². The zero-order valence-corrected chi connectivity index (χ0v) is 17.3. The molecule has 3 N–H and O–H groups in total. The third-order valence-corrected chi connectivity index (χ3v) is 4.90. The fourth-order valence-electron chi connectivity index (χ4n) is 2.49. The molecular weight excluding hydrogens is 447 g/mol. The standard InChI is InChI=1S/C20H16F3N5O3S/c1-11-17(30)26-19(28-27-11)32-10-16(29)24-14-6-2-4-12(8-14)18(31)25-15-7-3-5-13(9-15)20(21,22)23/h2-9H,10H2,1H3,(H,24,29)(H,25,31)(H,26,28,30). The van der Waals surface area contributed by atoms with Crippen LogP contribution in [0.4, 0.5) is 24.5 Å². The highest BCUT2D eigenvalue weighted by molar-refractivity contribution is 7.99. The average Bonchev–Trinajstić information content (AvgIpc) is 2.74. The number of aromatic amines is 1. The molecule has 2 aromatic carbocycles. The van der Waals surface area contributed by atoms with Crippen LogP contribution < -0.4 is 16.2 Å². The lowest BCUT2D eigenvalue weighted by Gasteiger charge is -2.11. The van der Waals surface area contributed by atoms with Gasteiger partial charge in [0.1, 0.15) is 5.69 Å². The number of nitrogens with zero attached hydrogens (tertiary/aromatic N) is 2. The number of aromatic nitrogens is 3. The summed E-state index contributed by atoms with van der Waals surface area (Å²) in [5.41, 5.74) is -0.629. The second kappa shape index (κ2) is 9.64. The molecule has 0 spiro atoms. The number of rotatable bonds is 6. The van der Waals surface area contributed by atoms with Gasteiger partial charge in [-0.25, -0.2) is 0 Å². The lowest BCUT2D eigenvalue weighted by Crippen LogP contribution is -2.18. The minimum Gasteiger partial charge on any atom is -0.325 e.